The minimum atomic E-state index is -4.85. The van der Waals surface area contributed by atoms with Crippen LogP contribution in [0.25, 0.3) is 0 Å². The SMILES string of the molecule is C=C(C)C(=O)OC12CC3(C(C)(C)OCC(C)(C)O)CC(C(C)(C)OCC(C)(C)O)(C1)CC(C(C)(C)OCC(C)(C)O)(C2)C3.C=C(C)C(=O)OC12CC3CC(C(C)(C)OCC(C)(C)O)(C1)CC(C(C)(C)OCC(C)(C)O)(C3)C2.C=C(C)C(=O)OC1CC(C(CC)(CC)OCC(C)(C)O)C(C(CC)(CC)OCC(C)(O)C(F)(F)F)C1. The predicted octanol–water partition coefficient (Wildman–Crippen LogP) is 16.6. The summed E-state index contributed by atoms with van der Waals surface area (Å²) < 4.78 is 104. The smallest absolute Gasteiger partial charge is 0.419 e. The van der Waals surface area contributed by atoms with Gasteiger partial charge in [0.25, 0.3) is 0 Å². The van der Waals surface area contributed by atoms with Gasteiger partial charge in [0, 0.05) is 43.8 Å². The Hall–Kier alpha value is -3.14. The number of alkyl halides is 3. The number of halogens is 3. The molecule has 6 unspecified atom stereocenters. The fourth-order valence-corrected chi connectivity index (χ4v) is 20.9. The third-order valence-electron chi connectivity index (χ3n) is 27.5. The standard InChI is InChI=1S/C35H62O8.C28H48O6.C27H47F3O6/c1-24(2)25(36)43-35-18-32(29(9,10)40-21-26(3,4)37)15-33(19-35,30(11,12)41-22-27(5,6)38)17-34(16-32,20-35)31(13,14)42-23-28(7,8)39;1-19(2)21(29)34-28-13-20-11-26(15-28,24(7,8)32-17-22(3,4)30)14-27(12-20,16-28)25(9,10)33-18-23(5,6)31;1-10-25(11-2,34-16-23(7,8)32)20-14-19(36-22(31)18(5)6)15-21(20)26(12-3,13-4)35-17-24(9,33)27(28,29)30/h37-39H,1,15-23H2,2-14H3;20,30-31H,1,11-18H2,2-10H3;19-21,32-33H,5,10-17H2,1-4,6-9H3. The van der Waals surface area contributed by atoms with Gasteiger partial charge in [0.2, 0.25) is 0 Å². The molecule has 20 nitrogen and oxygen atoms in total. The van der Waals surface area contributed by atoms with Crippen LogP contribution in [0.15, 0.2) is 36.5 Å². The monoisotopic (exact) mass is 1620 g/mol. The highest BCUT2D eigenvalue weighted by Gasteiger charge is 2.79. The van der Waals surface area contributed by atoms with E-state index in [0.717, 1.165) is 57.8 Å². The van der Waals surface area contributed by atoms with Crippen molar-refractivity contribution >= 4 is 17.9 Å². The maximum atomic E-state index is 13.4. The van der Waals surface area contributed by atoms with Crippen LogP contribution in [0.4, 0.5) is 13.2 Å². The summed E-state index contributed by atoms with van der Waals surface area (Å²) in [4.78, 5) is 38.5. The van der Waals surface area contributed by atoms with E-state index in [0.29, 0.717) is 81.8 Å². The van der Waals surface area contributed by atoms with E-state index in [1.807, 2.05) is 27.7 Å². The Morgan fingerprint density at radius 2 is 0.584 bits per heavy atom. The van der Waals surface area contributed by atoms with Crippen LogP contribution in [0.1, 0.15) is 323 Å². The molecule has 0 aliphatic heterocycles. The lowest BCUT2D eigenvalue weighted by Gasteiger charge is -2.76. The molecule has 0 heterocycles. The molecule has 0 saturated heterocycles. The number of carbonyl (C=O) groups excluding carboxylic acids is 3. The van der Waals surface area contributed by atoms with Crippen LogP contribution >= 0.6 is 0 Å². The minimum Gasteiger partial charge on any atom is -0.459 e. The van der Waals surface area contributed by atoms with E-state index in [9.17, 15) is 63.3 Å². The molecular formula is C90H157F3O20. The molecule has 0 amide bonds. The second-order valence-electron chi connectivity index (χ2n) is 43.4. The van der Waals surface area contributed by atoms with Crippen molar-refractivity contribution in [1.29, 1.82) is 0 Å². The molecule has 0 aromatic rings. The van der Waals surface area contributed by atoms with Gasteiger partial charge in [-0.1, -0.05) is 47.4 Å². The van der Waals surface area contributed by atoms with E-state index in [4.69, 9.17) is 47.4 Å². The third-order valence-corrected chi connectivity index (χ3v) is 27.5. The highest BCUT2D eigenvalue weighted by atomic mass is 19.4. The quantitative estimate of drug-likeness (QED) is 0.0172. The zero-order valence-corrected chi connectivity index (χ0v) is 75.7. The Morgan fingerprint density at radius 1 is 0.345 bits per heavy atom. The Bertz CT molecular complexity index is 3120. The average Bonchev–Trinajstić information content (AvgIpc) is 1.13. The highest BCUT2D eigenvalue weighted by molar-refractivity contribution is 5.88. The first kappa shape index (κ1) is 100. The number of rotatable bonds is 38. The van der Waals surface area contributed by atoms with Gasteiger partial charge in [0.05, 0.1) is 119 Å². The molecule has 0 spiro atoms. The molecule has 23 heteroatoms. The number of ether oxygens (including phenoxy) is 10. The molecule has 9 fully saturated rings. The van der Waals surface area contributed by atoms with Crippen LogP contribution in [0, 0.1) is 44.8 Å². The summed E-state index contributed by atoms with van der Waals surface area (Å²) in [6, 6.07) is 0. The first-order chi connectivity index (χ1) is 50.4. The molecule has 8 bridgehead atoms. The van der Waals surface area contributed by atoms with Crippen molar-refractivity contribution in [3.05, 3.63) is 36.5 Å². The van der Waals surface area contributed by atoms with Crippen molar-refractivity contribution in [2.75, 3.05) is 46.2 Å². The van der Waals surface area contributed by atoms with Crippen molar-refractivity contribution in [3.63, 3.8) is 0 Å². The van der Waals surface area contributed by atoms with E-state index in [2.05, 4.69) is 89.0 Å². The Kier molecular flexibility index (Phi) is 29.9. The van der Waals surface area contributed by atoms with Gasteiger partial charge in [0.1, 0.15) is 17.3 Å². The zero-order chi connectivity index (χ0) is 87.5. The summed E-state index contributed by atoms with van der Waals surface area (Å²) in [5, 5.41) is 73.1. The van der Waals surface area contributed by atoms with Crippen molar-refractivity contribution in [1.82, 2.24) is 0 Å². The predicted molar refractivity (Wildman–Crippen MR) is 432 cm³/mol. The third kappa shape index (κ3) is 23.3. The Morgan fingerprint density at radius 3 is 0.841 bits per heavy atom. The summed E-state index contributed by atoms with van der Waals surface area (Å²) in [5.41, 5.74) is -16.3. The zero-order valence-electron chi connectivity index (χ0n) is 75.7. The lowest BCUT2D eigenvalue weighted by molar-refractivity contribution is -0.347. The van der Waals surface area contributed by atoms with E-state index in [1.165, 1.54) is 0 Å². The van der Waals surface area contributed by atoms with Gasteiger partial charge in [-0.05, 0) is 313 Å². The lowest BCUT2D eigenvalue weighted by Crippen LogP contribution is -2.76. The molecule has 0 aromatic heterocycles. The van der Waals surface area contributed by atoms with Crippen molar-refractivity contribution in [2.45, 2.75) is 425 Å². The molecular weight excluding hydrogens is 1460 g/mol. The molecule has 658 valence electrons. The molecule has 9 aliphatic rings. The van der Waals surface area contributed by atoms with E-state index in [1.54, 1.807) is 104 Å². The average molecular weight is 1620 g/mol. The minimum absolute atomic E-state index is 0.0724. The van der Waals surface area contributed by atoms with Gasteiger partial charge >= 0.3 is 24.1 Å². The van der Waals surface area contributed by atoms with Crippen LogP contribution < -0.4 is 0 Å². The second-order valence-corrected chi connectivity index (χ2v) is 43.4. The first-order valence-corrected chi connectivity index (χ1v) is 41.7. The summed E-state index contributed by atoms with van der Waals surface area (Å²) in [6.45, 7) is 66.6. The van der Waals surface area contributed by atoms with E-state index in [-0.39, 0.29) is 73.8 Å². The summed E-state index contributed by atoms with van der Waals surface area (Å²) in [6.07, 6.45) is 6.75. The topological polar surface area (TPSA) is 285 Å². The van der Waals surface area contributed by atoms with Gasteiger partial charge in [-0.25, -0.2) is 14.4 Å². The van der Waals surface area contributed by atoms with Gasteiger partial charge in [-0.3, -0.25) is 0 Å². The highest BCUT2D eigenvalue weighted by Crippen LogP contribution is 2.80. The summed E-state index contributed by atoms with van der Waals surface area (Å²) >= 11 is 0. The largest absolute Gasteiger partial charge is 0.459 e. The van der Waals surface area contributed by atoms with Crippen LogP contribution in [0.5, 0.6) is 0 Å². The number of hydrogen-bond donors (Lipinski definition) is 7. The molecule has 6 atom stereocenters. The van der Waals surface area contributed by atoms with Gasteiger partial charge < -0.3 is 83.1 Å². The summed E-state index contributed by atoms with van der Waals surface area (Å²) in [7, 11) is 0. The number of esters is 3. The second kappa shape index (κ2) is 33.7. The Balaban J connectivity index is 0.000000305. The molecule has 0 radical (unpaired) electrons. The first-order valence-electron chi connectivity index (χ1n) is 41.7. The van der Waals surface area contributed by atoms with Crippen LogP contribution in [0.3, 0.4) is 0 Å². The fraction of sp³-hybridized carbons (Fsp3) is 0.900. The van der Waals surface area contributed by atoms with Crippen LogP contribution in [0.2, 0.25) is 0 Å². The maximum absolute atomic E-state index is 13.4. The molecule has 113 heavy (non-hydrogen) atoms. The fourth-order valence-electron chi connectivity index (χ4n) is 20.9. The van der Waals surface area contributed by atoms with Crippen molar-refractivity contribution < 1.29 is 111 Å². The van der Waals surface area contributed by atoms with Gasteiger partial charge in [0.15, 0.2) is 5.60 Å². The molecule has 9 aliphatic carbocycles. The normalized spacial score (nSPS) is 29.7. The Labute approximate surface area is 678 Å². The molecule has 9 saturated carbocycles. The summed E-state index contributed by atoms with van der Waals surface area (Å²) in [5.74, 6) is -1.44. The van der Waals surface area contributed by atoms with Crippen molar-refractivity contribution in [3.8, 4) is 0 Å². The van der Waals surface area contributed by atoms with E-state index >= 15 is 0 Å². The van der Waals surface area contributed by atoms with Crippen LogP contribution in [-0.2, 0) is 61.8 Å². The van der Waals surface area contributed by atoms with Gasteiger partial charge in [-0.15, -0.1) is 0 Å². The van der Waals surface area contributed by atoms with Crippen LogP contribution in [-0.4, -0.2) is 202 Å². The maximum Gasteiger partial charge on any atom is 0.419 e. The molecule has 0 aromatic carbocycles. The lowest BCUT2D eigenvalue weighted by atomic mass is 9.31. The van der Waals surface area contributed by atoms with E-state index < -0.39 is 137 Å². The van der Waals surface area contributed by atoms with Crippen molar-refractivity contribution in [2.24, 2.45) is 44.8 Å². The molecule has 7 N–H and O–H groups in total. The van der Waals surface area contributed by atoms with Gasteiger partial charge in [-0.2, -0.15) is 13.2 Å². The number of carbonyl (C=O) groups is 3. The number of aliphatic hydroxyl groups is 7. The molecule has 9 rings (SSSR count). The number of hydrogen-bond acceptors (Lipinski definition) is 20.